The van der Waals surface area contributed by atoms with Crippen molar-refractivity contribution in [2.45, 2.75) is 12.8 Å². The highest BCUT2D eigenvalue weighted by molar-refractivity contribution is 5.74. The van der Waals surface area contributed by atoms with Gasteiger partial charge in [-0.3, -0.25) is 5.10 Å². The quantitative estimate of drug-likeness (QED) is 0.821. The average molecular weight is 229 g/mol. The number of nitrogens with one attached hydrogen (secondary N) is 1. The van der Waals surface area contributed by atoms with E-state index in [4.69, 9.17) is 5.73 Å². The summed E-state index contributed by atoms with van der Waals surface area (Å²) in [6.45, 7) is 2.15. The van der Waals surface area contributed by atoms with E-state index in [1.165, 1.54) is 12.8 Å². The van der Waals surface area contributed by atoms with Crippen LogP contribution in [0.3, 0.4) is 0 Å². The summed E-state index contributed by atoms with van der Waals surface area (Å²) in [6.07, 6.45) is 4.30. The Morgan fingerprint density at radius 1 is 1.29 bits per heavy atom. The molecule has 0 aromatic carbocycles. The molecule has 0 radical (unpaired) electrons. The number of rotatable bonds is 2. The zero-order valence-corrected chi connectivity index (χ0v) is 9.56. The van der Waals surface area contributed by atoms with Crippen molar-refractivity contribution >= 4 is 11.6 Å². The third kappa shape index (κ3) is 1.84. The highest BCUT2D eigenvalue weighted by Gasteiger charge is 2.18. The van der Waals surface area contributed by atoms with Crippen LogP contribution in [0.25, 0.3) is 11.3 Å². The normalized spacial score (nSPS) is 15.4. The SMILES string of the molecule is Nc1cc(-c2cccnc2N2CCCC2)[nH]n1. The third-order valence-electron chi connectivity index (χ3n) is 3.08. The summed E-state index contributed by atoms with van der Waals surface area (Å²) in [5, 5.41) is 6.91. The summed E-state index contributed by atoms with van der Waals surface area (Å²) >= 11 is 0. The molecular formula is C12H15N5. The standard InChI is InChI=1S/C12H15N5/c13-11-8-10(15-16-11)9-4-3-5-14-12(9)17-6-1-2-7-17/h3-5,8H,1-2,6-7H2,(H3,13,15,16). The number of nitrogens with two attached hydrogens (primary N) is 1. The van der Waals surface area contributed by atoms with Crippen LogP contribution in [-0.4, -0.2) is 28.3 Å². The lowest BCUT2D eigenvalue weighted by atomic mass is 10.2. The molecule has 1 aliphatic heterocycles. The summed E-state index contributed by atoms with van der Waals surface area (Å²) in [4.78, 5) is 6.80. The number of nitrogens with zero attached hydrogens (tertiary/aromatic N) is 3. The molecule has 5 nitrogen and oxygen atoms in total. The first-order valence-corrected chi connectivity index (χ1v) is 5.86. The summed E-state index contributed by atoms with van der Waals surface area (Å²) in [5.41, 5.74) is 7.64. The molecule has 2 aromatic rings. The van der Waals surface area contributed by atoms with Crippen molar-refractivity contribution in [1.82, 2.24) is 15.2 Å². The van der Waals surface area contributed by atoms with Gasteiger partial charge in [0, 0.05) is 30.9 Å². The van der Waals surface area contributed by atoms with E-state index in [2.05, 4.69) is 20.1 Å². The monoisotopic (exact) mass is 229 g/mol. The van der Waals surface area contributed by atoms with E-state index in [-0.39, 0.29) is 0 Å². The lowest BCUT2D eigenvalue weighted by Gasteiger charge is -2.18. The predicted molar refractivity (Wildman–Crippen MR) is 67.7 cm³/mol. The molecule has 0 atom stereocenters. The molecule has 0 aliphatic carbocycles. The number of aromatic nitrogens is 3. The molecule has 0 saturated carbocycles. The Kier molecular flexibility index (Phi) is 2.44. The molecule has 3 rings (SSSR count). The average Bonchev–Trinajstić information content (AvgIpc) is 3.00. The molecule has 2 aromatic heterocycles. The van der Waals surface area contributed by atoms with Crippen LogP contribution in [0.5, 0.6) is 0 Å². The zero-order chi connectivity index (χ0) is 11.7. The van der Waals surface area contributed by atoms with Crippen molar-refractivity contribution in [1.29, 1.82) is 0 Å². The minimum Gasteiger partial charge on any atom is -0.382 e. The Bertz CT molecular complexity index is 513. The number of aromatic amines is 1. The van der Waals surface area contributed by atoms with Gasteiger partial charge in [-0.1, -0.05) is 0 Å². The van der Waals surface area contributed by atoms with Crippen molar-refractivity contribution < 1.29 is 0 Å². The second kappa shape index (κ2) is 4.08. The van der Waals surface area contributed by atoms with Crippen LogP contribution in [0.2, 0.25) is 0 Å². The Morgan fingerprint density at radius 3 is 2.82 bits per heavy atom. The molecule has 3 heterocycles. The molecule has 0 unspecified atom stereocenters. The number of anilines is 2. The number of hydrogen-bond acceptors (Lipinski definition) is 4. The summed E-state index contributed by atoms with van der Waals surface area (Å²) in [5.74, 6) is 1.53. The van der Waals surface area contributed by atoms with E-state index >= 15 is 0 Å². The van der Waals surface area contributed by atoms with Gasteiger partial charge < -0.3 is 10.6 Å². The van der Waals surface area contributed by atoms with Gasteiger partial charge in [-0.2, -0.15) is 5.10 Å². The van der Waals surface area contributed by atoms with Gasteiger partial charge in [0.1, 0.15) is 11.6 Å². The predicted octanol–water partition coefficient (Wildman–Crippen LogP) is 1.65. The van der Waals surface area contributed by atoms with Crippen molar-refractivity contribution in [2.75, 3.05) is 23.7 Å². The molecule has 0 bridgehead atoms. The van der Waals surface area contributed by atoms with Gasteiger partial charge in [0.2, 0.25) is 0 Å². The highest BCUT2D eigenvalue weighted by atomic mass is 15.2. The first kappa shape index (κ1) is 10.1. The smallest absolute Gasteiger partial charge is 0.145 e. The van der Waals surface area contributed by atoms with E-state index in [9.17, 15) is 0 Å². The number of pyridine rings is 1. The van der Waals surface area contributed by atoms with Gasteiger partial charge in [-0.05, 0) is 25.0 Å². The van der Waals surface area contributed by atoms with Gasteiger partial charge in [0.25, 0.3) is 0 Å². The Morgan fingerprint density at radius 2 is 2.12 bits per heavy atom. The van der Waals surface area contributed by atoms with Gasteiger partial charge in [-0.15, -0.1) is 0 Å². The number of hydrogen-bond donors (Lipinski definition) is 2. The summed E-state index contributed by atoms with van der Waals surface area (Å²) < 4.78 is 0. The molecule has 1 saturated heterocycles. The molecule has 88 valence electrons. The molecule has 17 heavy (non-hydrogen) atoms. The number of H-pyrrole nitrogens is 1. The Labute approximate surface area is 99.7 Å². The molecule has 3 N–H and O–H groups in total. The van der Waals surface area contributed by atoms with Crippen LogP contribution in [0, 0.1) is 0 Å². The molecule has 1 aliphatic rings. The maximum absolute atomic E-state index is 5.64. The van der Waals surface area contributed by atoms with E-state index in [1.54, 1.807) is 0 Å². The molecule has 0 amide bonds. The van der Waals surface area contributed by atoms with Crippen LogP contribution < -0.4 is 10.6 Å². The second-order valence-corrected chi connectivity index (χ2v) is 4.28. The minimum absolute atomic E-state index is 0.510. The number of nitrogen functional groups attached to an aromatic ring is 1. The van der Waals surface area contributed by atoms with Crippen molar-refractivity contribution in [2.24, 2.45) is 0 Å². The van der Waals surface area contributed by atoms with Crippen LogP contribution in [0.4, 0.5) is 11.6 Å². The van der Waals surface area contributed by atoms with Gasteiger partial charge >= 0.3 is 0 Å². The first-order chi connectivity index (χ1) is 8.34. The fourth-order valence-corrected chi connectivity index (χ4v) is 2.26. The fourth-order valence-electron chi connectivity index (χ4n) is 2.26. The summed E-state index contributed by atoms with van der Waals surface area (Å²) in [6, 6.07) is 5.83. The topological polar surface area (TPSA) is 70.8 Å². The highest BCUT2D eigenvalue weighted by Crippen LogP contribution is 2.29. The van der Waals surface area contributed by atoms with Crippen LogP contribution >= 0.6 is 0 Å². The lowest BCUT2D eigenvalue weighted by Crippen LogP contribution is -2.19. The Hall–Kier alpha value is -2.04. The van der Waals surface area contributed by atoms with Crippen LogP contribution in [0.1, 0.15) is 12.8 Å². The maximum atomic E-state index is 5.64. The third-order valence-corrected chi connectivity index (χ3v) is 3.08. The molecular weight excluding hydrogens is 214 g/mol. The van der Waals surface area contributed by atoms with Crippen molar-refractivity contribution in [3.63, 3.8) is 0 Å². The summed E-state index contributed by atoms with van der Waals surface area (Å²) in [7, 11) is 0. The van der Waals surface area contributed by atoms with Crippen LogP contribution in [-0.2, 0) is 0 Å². The molecule has 0 spiro atoms. The largest absolute Gasteiger partial charge is 0.382 e. The van der Waals surface area contributed by atoms with Crippen molar-refractivity contribution in [3.8, 4) is 11.3 Å². The second-order valence-electron chi connectivity index (χ2n) is 4.28. The zero-order valence-electron chi connectivity index (χ0n) is 9.56. The molecule has 1 fully saturated rings. The maximum Gasteiger partial charge on any atom is 0.145 e. The van der Waals surface area contributed by atoms with Gasteiger partial charge in [0.15, 0.2) is 0 Å². The van der Waals surface area contributed by atoms with Crippen LogP contribution in [0.15, 0.2) is 24.4 Å². The van der Waals surface area contributed by atoms with E-state index in [0.29, 0.717) is 5.82 Å². The minimum atomic E-state index is 0.510. The van der Waals surface area contributed by atoms with E-state index in [0.717, 1.165) is 30.2 Å². The first-order valence-electron chi connectivity index (χ1n) is 5.86. The van der Waals surface area contributed by atoms with Gasteiger partial charge in [0.05, 0.1) is 5.69 Å². The Balaban J connectivity index is 2.03. The molecule has 5 heteroatoms. The fraction of sp³-hybridized carbons (Fsp3) is 0.333. The van der Waals surface area contributed by atoms with Gasteiger partial charge in [-0.25, -0.2) is 4.98 Å². The van der Waals surface area contributed by atoms with E-state index in [1.807, 2.05) is 24.4 Å². The van der Waals surface area contributed by atoms with E-state index < -0.39 is 0 Å². The lowest BCUT2D eigenvalue weighted by molar-refractivity contribution is 0.937. The van der Waals surface area contributed by atoms with Crippen molar-refractivity contribution in [3.05, 3.63) is 24.4 Å².